The SMILES string of the molecule is CC(C)(C)NCCCNc1c(-c2ccc(C#N)cc2)cnc2cc(Cl)ccc12. The van der Waals surface area contributed by atoms with Crippen LogP contribution in [0.25, 0.3) is 22.0 Å². The van der Waals surface area contributed by atoms with E-state index in [2.05, 4.69) is 42.5 Å². The minimum absolute atomic E-state index is 0.119. The van der Waals surface area contributed by atoms with Gasteiger partial charge in [-0.1, -0.05) is 23.7 Å². The van der Waals surface area contributed by atoms with Crippen molar-refractivity contribution >= 4 is 28.2 Å². The molecule has 4 nitrogen and oxygen atoms in total. The van der Waals surface area contributed by atoms with E-state index in [1.54, 1.807) is 0 Å². The van der Waals surface area contributed by atoms with Crippen LogP contribution in [0.1, 0.15) is 32.8 Å². The normalized spacial score (nSPS) is 11.4. The van der Waals surface area contributed by atoms with Gasteiger partial charge in [0.2, 0.25) is 0 Å². The van der Waals surface area contributed by atoms with E-state index < -0.39 is 0 Å². The smallest absolute Gasteiger partial charge is 0.0991 e. The molecule has 0 aliphatic rings. The quantitative estimate of drug-likeness (QED) is 0.534. The summed E-state index contributed by atoms with van der Waals surface area (Å²) in [6, 6.07) is 15.5. The maximum atomic E-state index is 9.05. The van der Waals surface area contributed by atoms with Crippen molar-refractivity contribution < 1.29 is 0 Å². The lowest BCUT2D eigenvalue weighted by atomic mass is 10.0. The van der Waals surface area contributed by atoms with Crippen LogP contribution in [0.3, 0.4) is 0 Å². The highest BCUT2D eigenvalue weighted by Crippen LogP contribution is 2.34. The third-order valence-corrected chi connectivity index (χ3v) is 4.70. The first-order valence-corrected chi connectivity index (χ1v) is 9.83. The molecule has 0 saturated heterocycles. The maximum Gasteiger partial charge on any atom is 0.0991 e. The van der Waals surface area contributed by atoms with Crippen LogP contribution in [0.5, 0.6) is 0 Å². The summed E-state index contributed by atoms with van der Waals surface area (Å²) in [6.45, 7) is 8.29. The summed E-state index contributed by atoms with van der Waals surface area (Å²) in [5.41, 5.74) is 4.71. The third kappa shape index (κ3) is 5.01. The number of nitriles is 1. The topological polar surface area (TPSA) is 60.7 Å². The van der Waals surface area contributed by atoms with E-state index in [0.29, 0.717) is 10.6 Å². The zero-order valence-corrected chi connectivity index (χ0v) is 17.3. The number of aromatic nitrogens is 1. The average Bonchev–Trinajstić information content (AvgIpc) is 2.66. The highest BCUT2D eigenvalue weighted by Gasteiger charge is 2.12. The minimum Gasteiger partial charge on any atom is -0.384 e. The van der Waals surface area contributed by atoms with Gasteiger partial charge < -0.3 is 10.6 Å². The predicted molar refractivity (Wildman–Crippen MR) is 118 cm³/mol. The molecule has 2 N–H and O–H groups in total. The Morgan fingerprint density at radius 3 is 2.50 bits per heavy atom. The van der Waals surface area contributed by atoms with Gasteiger partial charge in [0.1, 0.15) is 0 Å². The number of rotatable bonds is 6. The summed E-state index contributed by atoms with van der Waals surface area (Å²) in [5, 5.41) is 17.9. The number of halogens is 1. The number of hydrogen-bond donors (Lipinski definition) is 2. The molecule has 3 aromatic rings. The molecule has 0 unspecified atom stereocenters. The van der Waals surface area contributed by atoms with Crippen LogP contribution in [0.4, 0.5) is 5.69 Å². The summed E-state index contributed by atoms with van der Waals surface area (Å²) in [5.74, 6) is 0. The van der Waals surface area contributed by atoms with Crippen molar-refractivity contribution in [2.24, 2.45) is 0 Å². The Morgan fingerprint density at radius 2 is 1.82 bits per heavy atom. The standard InChI is InChI=1S/C23H25ClN4/c1-23(2,3)28-12-4-11-26-22-19-10-9-18(24)13-21(19)27-15-20(22)17-7-5-16(14-25)6-8-17/h5-10,13,15,28H,4,11-12H2,1-3H3,(H,26,27). The molecular weight excluding hydrogens is 368 g/mol. The van der Waals surface area contributed by atoms with Gasteiger partial charge in [-0.3, -0.25) is 4.98 Å². The number of anilines is 1. The minimum atomic E-state index is 0.119. The predicted octanol–water partition coefficient (Wildman–Crippen LogP) is 5.62. The van der Waals surface area contributed by atoms with E-state index >= 15 is 0 Å². The van der Waals surface area contributed by atoms with Gasteiger partial charge in [-0.2, -0.15) is 5.26 Å². The Balaban J connectivity index is 1.90. The third-order valence-electron chi connectivity index (χ3n) is 4.47. The fourth-order valence-corrected chi connectivity index (χ4v) is 3.23. The van der Waals surface area contributed by atoms with E-state index in [0.717, 1.165) is 47.2 Å². The molecule has 0 fully saturated rings. The lowest BCUT2D eigenvalue weighted by Gasteiger charge is -2.21. The Labute approximate surface area is 171 Å². The second-order valence-electron chi connectivity index (χ2n) is 7.85. The Kier molecular flexibility index (Phi) is 6.18. The number of nitrogens with one attached hydrogen (secondary N) is 2. The van der Waals surface area contributed by atoms with Crippen molar-refractivity contribution in [1.82, 2.24) is 10.3 Å². The maximum absolute atomic E-state index is 9.05. The van der Waals surface area contributed by atoms with Crippen molar-refractivity contribution in [3.8, 4) is 17.2 Å². The van der Waals surface area contributed by atoms with Gasteiger partial charge in [0.15, 0.2) is 0 Å². The lowest BCUT2D eigenvalue weighted by Crippen LogP contribution is -2.36. The van der Waals surface area contributed by atoms with E-state index in [1.165, 1.54) is 0 Å². The average molecular weight is 393 g/mol. The number of hydrogen-bond acceptors (Lipinski definition) is 4. The zero-order valence-electron chi connectivity index (χ0n) is 16.5. The van der Waals surface area contributed by atoms with Gasteiger partial charge in [-0.05, 0) is 69.6 Å². The summed E-state index contributed by atoms with van der Waals surface area (Å²) in [6.07, 6.45) is 2.87. The molecule has 5 heteroatoms. The van der Waals surface area contributed by atoms with Gasteiger partial charge in [-0.15, -0.1) is 0 Å². The second kappa shape index (κ2) is 8.60. The van der Waals surface area contributed by atoms with Gasteiger partial charge >= 0.3 is 0 Å². The number of benzene rings is 2. The van der Waals surface area contributed by atoms with Crippen LogP contribution >= 0.6 is 11.6 Å². The van der Waals surface area contributed by atoms with Gasteiger partial charge in [0.25, 0.3) is 0 Å². The molecule has 0 spiro atoms. The zero-order chi connectivity index (χ0) is 20.1. The van der Waals surface area contributed by atoms with Crippen LogP contribution in [0.15, 0.2) is 48.7 Å². The monoisotopic (exact) mass is 392 g/mol. The van der Waals surface area contributed by atoms with Gasteiger partial charge in [-0.25, -0.2) is 0 Å². The summed E-state index contributed by atoms with van der Waals surface area (Å²) in [7, 11) is 0. The molecule has 0 aliphatic carbocycles. The van der Waals surface area contributed by atoms with E-state index in [9.17, 15) is 0 Å². The molecule has 0 radical (unpaired) electrons. The van der Waals surface area contributed by atoms with Crippen molar-refractivity contribution in [2.45, 2.75) is 32.7 Å². The summed E-state index contributed by atoms with van der Waals surface area (Å²) < 4.78 is 0. The Hall–Kier alpha value is -2.61. The molecule has 3 rings (SSSR count). The fourth-order valence-electron chi connectivity index (χ4n) is 3.07. The van der Waals surface area contributed by atoms with Crippen LogP contribution in [0.2, 0.25) is 5.02 Å². The van der Waals surface area contributed by atoms with Crippen molar-refractivity contribution in [3.63, 3.8) is 0 Å². The number of nitrogens with zero attached hydrogens (tertiary/aromatic N) is 2. The van der Waals surface area contributed by atoms with Crippen LogP contribution in [-0.4, -0.2) is 23.6 Å². The van der Waals surface area contributed by atoms with Gasteiger partial charge in [0, 0.05) is 34.3 Å². The van der Waals surface area contributed by atoms with Crippen LogP contribution in [-0.2, 0) is 0 Å². The first-order valence-electron chi connectivity index (χ1n) is 9.45. The first kappa shape index (κ1) is 20.1. The highest BCUT2D eigenvalue weighted by molar-refractivity contribution is 6.31. The fraction of sp³-hybridized carbons (Fsp3) is 0.304. The van der Waals surface area contributed by atoms with Crippen molar-refractivity contribution in [2.75, 3.05) is 18.4 Å². The van der Waals surface area contributed by atoms with Crippen LogP contribution < -0.4 is 10.6 Å². The number of pyridine rings is 1. The molecule has 0 atom stereocenters. The van der Waals surface area contributed by atoms with Crippen molar-refractivity contribution in [1.29, 1.82) is 5.26 Å². The largest absolute Gasteiger partial charge is 0.384 e. The van der Waals surface area contributed by atoms with E-state index in [1.807, 2.05) is 48.7 Å². The molecule has 28 heavy (non-hydrogen) atoms. The number of fused-ring (bicyclic) bond motifs is 1. The molecule has 0 bridgehead atoms. The molecule has 2 aromatic carbocycles. The van der Waals surface area contributed by atoms with E-state index in [4.69, 9.17) is 16.9 Å². The molecule has 1 heterocycles. The highest BCUT2D eigenvalue weighted by atomic mass is 35.5. The first-order chi connectivity index (χ1) is 13.4. The summed E-state index contributed by atoms with van der Waals surface area (Å²) >= 11 is 6.15. The molecule has 0 aliphatic heterocycles. The van der Waals surface area contributed by atoms with Crippen LogP contribution in [0, 0.1) is 11.3 Å². The Bertz CT molecular complexity index is 998. The lowest BCUT2D eigenvalue weighted by molar-refractivity contribution is 0.425. The van der Waals surface area contributed by atoms with Gasteiger partial charge in [0.05, 0.1) is 22.8 Å². The molecule has 0 amide bonds. The Morgan fingerprint density at radius 1 is 1.07 bits per heavy atom. The van der Waals surface area contributed by atoms with Crippen molar-refractivity contribution in [3.05, 3.63) is 59.2 Å². The molecule has 0 saturated carbocycles. The second-order valence-corrected chi connectivity index (χ2v) is 8.29. The molecular formula is C23H25ClN4. The molecule has 1 aromatic heterocycles. The van der Waals surface area contributed by atoms with E-state index in [-0.39, 0.29) is 5.54 Å². The molecule has 144 valence electrons. The summed E-state index contributed by atoms with van der Waals surface area (Å²) in [4.78, 5) is 4.60.